The lowest BCUT2D eigenvalue weighted by molar-refractivity contribution is 0.579. The molecule has 0 aliphatic carbocycles. The number of hydrogen-bond acceptors (Lipinski definition) is 2. The highest BCUT2D eigenvalue weighted by atomic mass is 35.5. The van der Waals surface area contributed by atoms with Gasteiger partial charge in [-0.3, -0.25) is 0 Å². The number of unbranched alkanes of at least 4 members (excludes halogenated alkanes) is 6. The monoisotopic (exact) mass is 302 g/mol. The Kier molecular flexibility index (Phi) is 8.15. The first-order valence-corrected chi connectivity index (χ1v) is 9.19. The van der Waals surface area contributed by atoms with E-state index in [2.05, 4.69) is 0 Å². The molecular weight excluding hydrogens is 280 g/mol. The lowest BCUT2D eigenvalue weighted by Gasteiger charge is -2.04. The maximum absolute atomic E-state index is 12.0. The summed E-state index contributed by atoms with van der Waals surface area (Å²) >= 11 is 5.61. The van der Waals surface area contributed by atoms with Crippen molar-refractivity contribution in [3.05, 3.63) is 30.3 Å². The van der Waals surface area contributed by atoms with Crippen LogP contribution in [0.3, 0.4) is 0 Å². The number of sulfone groups is 1. The Bertz CT molecular complexity index is 429. The minimum atomic E-state index is -3.08. The average molecular weight is 303 g/mol. The predicted molar refractivity (Wildman–Crippen MR) is 81.5 cm³/mol. The van der Waals surface area contributed by atoms with E-state index >= 15 is 0 Å². The van der Waals surface area contributed by atoms with Crippen LogP contribution in [0.5, 0.6) is 0 Å². The molecule has 2 nitrogen and oxygen atoms in total. The van der Waals surface area contributed by atoms with Crippen molar-refractivity contribution in [2.75, 3.05) is 11.6 Å². The fourth-order valence-corrected chi connectivity index (χ4v) is 3.60. The Morgan fingerprint density at radius 2 is 1.32 bits per heavy atom. The summed E-state index contributed by atoms with van der Waals surface area (Å²) in [7, 11) is -3.08. The van der Waals surface area contributed by atoms with Gasteiger partial charge in [-0.05, 0) is 25.0 Å². The van der Waals surface area contributed by atoms with Crippen molar-refractivity contribution in [3.63, 3.8) is 0 Å². The van der Waals surface area contributed by atoms with Crippen molar-refractivity contribution < 1.29 is 8.42 Å². The lowest BCUT2D eigenvalue weighted by Crippen LogP contribution is -2.06. The summed E-state index contributed by atoms with van der Waals surface area (Å²) in [5.41, 5.74) is 0. The number of hydrogen-bond donors (Lipinski definition) is 0. The molecule has 0 aromatic heterocycles. The first kappa shape index (κ1) is 16.5. The van der Waals surface area contributed by atoms with Crippen LogP contribution in [-0.2, 0) is 9.84 Å². The molecule has 0 heterocycles. The Labute approximate surface area is 122 Å². The highest BCUT2D eigenvalue weighted by molar-refractivity contribution is 7.91. The third-order valence-electron chi connectivity index (χ3n) is 3.15. The zero-order valence-corrected chi connectivity index (χ0v) is 12.9. The molecule has 108 valence electrons. The van der Waals surface area contributed by atoms with Gasteiger partial charge < -0.3 is 0 Å². The molecule has 0 atom stereocenters. The summed E-state index contributed by atoms with van der Waals surface area (Å²) in [6.45, 7) is 0. The van der Waals surface area contributed by atoms with E-state index in [0.717, 1.165) is 31.6 Å². The van der Waals surface area contributed by atoms with Gasteiger partial charge >= 0.3 is 0 Å². The van der Waals surface area contributed by atoms with Crippen LogP contribution < -0.4 is 0 Å². The van der Waals surface area contributed by atoms with Crippen LogP contribution in [0.2, 0.25) is 0 Å². The van der Waals surface area contributed by atoms with E-state index in [9.17, 15) is 8.42 Å². The van der Waals surface area contributed by atoms with Crippen LogP contribution >= 0.6 is 11.6 Å². The summed E-state index contributed by atoms with van der Waals surface area (Å²) in [6.07, 6.45) is 7.53. The van der Waals surface area contributed by atoms with Gasteiger partial charge in [0, 0.05) is 5.88 Å². The van der Waals surface area contributed by atoms with Crippen LogP contribution in [0, 0.1) is 0 Å². The van der Waals surface area contributed by atoms with Crippen molar-refractivity contribution in [3.8, 4) is 0 Å². The maximum Gasteiger partial charge on any atom is 0.178 e. The van der Waals surface area contributed by atoms with Gasteiger partial charge in [0.15, 0.2) is 9.84 Å². The summed E-state index contributed by atoms with van der Waals surface area (Å²) in [6, 6.07) is 8.70. The second kappa shape index (κ2) is 9.38. The van der Waals surface area contributed by atoms with E-state index < -0.39 is 9.84 Å². The first-order valence-electron chi connectivity index (χ1n) is 7.00. The molecule has 0 aliphatic heterocycles. The molecule has 0 bridgehead atoms. The lowest BCUT2D eigenvalue weighted by atomic mass is 10.1. The van der Waals surface area contributed by atoms with E-state index in [1.165, 1.54) is 19.3 Å². The average Bonchev–Trinajstić information content (AvgIpc) is 2.43. The molecule has 1 aromatic rings. The van der Waals surface area contributed by atoms with E-state index in [4.69, 9.17) is 11.6 Å². The molecule has 0 saturated heterocycles. The number of rotatable bonds is 10. The molecule has 0 N–H and O–H groups in total. The van der Waals surface area contributed by atoms with Gasteiger partial charge in [0.1, 0.15) is 0 Å². The summed E-state index contributed by atoms with van der Waals surface area (Å²) in [4.78, 5) is 0.442. The first-order chi connectivity index (χ1) is 9.17. The molecule has 0 spiro atoms. The molecule has 1 aromatic carbocycles. The summed E-state index contributed by atoms with van der Waals surface area (Å²) in [5.74, 6) is 1.01. The van der Waals surface area contributed by atoms with Crippen molar-refractivity contribution in [2.45, 2.75) is 49.8 Å². The molecule has 19 heavy (non-hydrogen) atoms. The minimum absolute atomic E-state index is 0.263. The molecule has 0 amide bonds. The van der Waals surface area contributed by atoms with E-state index in [0.29, 0.717) is 4.90 Å². The van der Waals surface area contributed by atoms with Gasteiger partial charge in [-0.2, -0.15) is 0 Å². The maximum atomic E-state index is 12.0. The van der Waals surface area contributed by atoms with Crippen molar-refractivity contribution in [1.29, 1.82) is 0 Å². The highest BCUT2D eigenvalue weighted by Crippen LogP contribution is 2.14. The number of halogens is 1. The molecule has 4 heteroatoms. The zero-order chi connectivity index (χ0) is 14.0. The quantitative estimate of drug-likeness (QED) is 0.473. The van der Waals surface area contributed by atoms with Crippen molar-refractivity contribution in [2.24, 2.45) is 0 Å². The Morgan fingerprint density at radius 3 is 1.89 bits per heavy atom. The molecule has 0 fully saturated rings. The molecular formula is C15H23ClO2S. The number of alkyl halides is 1. The predicted octanol–water partition coefficient (Wildman–Crippen LogP) is 4.43. The Balaban J connectivity index is 2.15. The topological polar surface area (TPSA) is 34.1 Å². The Morgan fingerprint density at radius 1 is 0.789 bits per heavy atom. The number of benzene rings is 1. The van der Waals surface area contributed by atoms with E-state index in [-0.39, 0.29) is 5.75 Å². The zero-order valence-electron chi connectivity index (χ0n) is 11.4. The van der Waals surface area contributed by atoms with Crippen LogP contribution in [0.25, 0.3) is 0 Å². The van der Waals surface area contributed by atoms with Gasteiger partial charge in [0.25, 0.3) is 0 Å². The van der Waals surface area contributed by atoms with E-state index in [1.54, 1.807) is 24.3 Å². The fourth-order valence-electron chi connectivity index (χ4n) is 2.02. The van der Waals surface area contributed by atoms with Crippen LogP contribution in [0.1, 0.15) is 44.9 Å². The molecule has 0 radical (unpaired) electrons. The van der Waals surface area contributed by atoms with Gasteiger partial charge in [0.05, 0.1) is 10.6 Å². The molecule has 0 aliphatic rings. The van der Waals surface area contributed by atoms with Crippen LogP contribution in [0.15, 0.2) is 35.2 Å². The second-order valence-electron chi connectivity index (χ2n) is 4.80. The minimum Gasteiger partial charge on any atom is -0.224 e. The standard InChI is InChI=1S/C15H23ClO2S/c16-13-9-4-2-1-3-5-10-14-19(17,18)15-11-7-6-8-12-15/h6-8,11-12H,1-5,9-10,13-14H2. The van der Waals surface area contributed by atoms with Crippen molar-refractivity contribution in [1.82, 2.24) is 0 Å². The van der Waals surface area contributed by atoms with Crippen molar-refractivity contribution >= 4 is 21.4 Å². The Hall–Kier alpha value is -0.540. The van der Waals surface area contributed by atoms with E-state index in [1.807, 2.05) is 6.07 Å². The second-order valence-corrected chi connectivity index (χ2v) is 7.28. The SMILES string of the molecule is O=S(=O)(CCCCCCCCCCl)c1ccccc1. The van der Waals surface area contributed by atoms with Gasteiger partial charge in [0.2, 0.25) is 0 Å². The highest BCUT2D eigenvalue weighted by Gasteiger charge is 2.12. The third-order valence-corrected chi connectivity index (χ3v) is 5.23. The largest absolute Gasteiger partial charge is 0.224 e. The summed E-state index contributed by atoms with van der Waals surface area (Å²) in [5, 5.41) is 0. The normalized spacial score (nSPS) is 11.6. The molecule has 0 unspecified atom stereocenters. The third kappa shape index (κ3) is 6.98. The molecule has 1 rings (SSSR count). The van der Waals surface area contributed by atoms with Crippen LogP contribution in [-0.4, -0.2) is 20.1 Å². The summed E-state index contributed by atoms with van der Waals surface area (Å²) < 4.78 is 24.0. The van der Waals surface area contributed by atoms with Gasteiger partial charge in [-0.15, -0.1) is 11.6 Å². The smallest absolute Gasteiger partial charge is 0.178 e. The molecule has 0 saturated carbocycles. The van der Waals surface area contributed by atoms with Gasteiger partial charge in [-0.1, -0.05) is 50.3 Å². The fraction of sp³-hybridized carbons (Fsp3) is 0.600. The van der Waals surface area contributed by atoms with Crippen LogP contribution in [0.4, 0.5) is 0 Å². The van der Waals surface area contributed by atoms with Gasteiger partial charge in [-0.25, -0.2) is 8.42 Å².